The van der Waals surface area contributed by atoms with Gasteiger partial charge in [-0.15, -0.1) is 0 Å². The van der Waals surface area contributed by atoms with Gasteiger partial charge in [0.2, 0.25) is 0 Å². The molecule has 0 aromatic heterocycles. The van der Waals surface area contributed by atoms with E-state index in [4.69, 9.17) is 4.74 Å². The summed E-state index contributed by atoms with van der Waals surface area (Å²) in [5.74, 6) is 1.42. The normalized spacial score (nSPS) is 15.8. The summed E-state index contributed by atoms with van der Waals surface area (Å²) in [6.07, 6.45) is 2.01. The molecular formula is C24H28F3NO. The van der Waals surface area contributed by atoms with E-state index in [0.29, 0.717) is 5.75 Å². The van der Waals surface area contributed by atoms with E-state index in [9.17, 15) is 13.2 Å². The number of hydrogen-bond acceptors (Lipinski definition) is 2. The number of benzene rings is 2. The number of anilines is 1. The van der Waals surface area contributed by atoms with Gasteiger partial charge in [-0.3, -0.25) is 0 Å². The first-order chi connectivity index (χ1) is 13.9. The van der Waals surface area contributed by atoms with E-state index in [1.165, 1.54) is 31.4 Å². The van der Waals surface area contributed by atoms with Crippen LogP contribution < -0.4 is 9.64 Å². The molecule has 29 heavy (non-hydrogen) atoms. The van der Waals surface area contributed by atoms with Gasteiger partial charge in [-0.25, -0.2) is 0 Å². The topological polar surface area (TPSA) is 12.5 Å². The molecule has 2 aromatic carbocycles. The molecule has 2 nitrogen and oxygen atoms in total. The minimum absolute atomic E-state index is 0.109. The Morgan fingerprint density at radius 2 is 1.55 bits per heavy atom. The third-order valence-corrected chi connectivity index (χ3v) is 5.38. The van der Waals surface area contributed by atoms with E-state index >= 15 is 0 Å². The SMILES string of the molecule is CCCC1CCN(c2ccc(-c3ccc(OCC=CC(F)(F)F)cc3)cc2)CC1. The second kappa shape index (κ2) is 9.86. The molecule has 0 amide bonds. The van der Waals surface area contributed by atoms with Crippen molar-refractivity contribution in [2.75, 3.05) is 24.6 Å². The van der Waals surface area contributed by atoms with Gasteiger partial charge in [0.1, 0.15) is 12.4 Å². The summed E-state index contributed by atoms with van der Waals surface area (Å²) in [6.45, 7) is 4.40. The van der Waals surface area contributed by atoms with Crippen molar-refractivity contribution < 1.29 is 17.9 Å². The molecule has 1 fully saturated rings. The largest absolute Gasteiger partial charge is 0.490 e. The molecule has 1 aliphatic rings. The predicted molar refractivity (Wildman–Crippen MR) is 112 cm³/mol. The lowest BCUT2D eigenvalue weighted by atomic mass is 9.92. The summed E-state index contributed by atoms with van der Waals surface area (Å²) in [5, 5.41) is 0. The zero-order valence-electron chi connectivity index (χ0n) is 16.8. The van der Waals surface area contributed by atoms with Crippen LogP contribution in [0.25, 0.3) is 11.1 Å². The van der Waals surface area contributed by atoms with Gasteiger partial charge in [-0.1, -0.05) is 44.0 Å². The molecule has 0 saturated carbocycles. The maximum atomic E-state index is 12.1. The fourth-order valence-corrected chi connectivity index (χ4v) is 3.82. The first-order valence-electron chi connectivity index (χ1n) is 10.3. The Morgan fingerprint density at radius 3 is 2.10 bits per heavy atom. The molecule has 1 heterocycles. The van der Waals surface area contributed by atoms with Crippen LogP contribution in [0.15, 0.2) is 60.7 Å². The number of piperidine rings is 1. The average Bonchev–Trinajstić information content (AvgIpc) is 2.72. The molecule has 0 unspecified atom stereocenters. The van der Waals surface area contributed by atoms with Crippen LogP contribution in [0.4, 0.5) is 18.9 Å². The van der Waals surface area contributed by atoms with Crippen LogP contribution >= 0.6 is 0 Å². The summed E-state index contributed by atoms with van der Waals surface area (Å²) in [7, 11) is 0. The highest BCUT2D eigenvalue weighted by molar-refractivity contribution is 5.67. The monoisotopic (exact) mass is 403 g/mol. The first kappa shape index (κ1) is 21.3. The Bertz CT molecular complexity index is 773. The number of halogens is 3. The second-order valence-electron chi connectivity index (χ2n) is 7.55. The lowest BCUT2D eigenvalue weighted by Crippen LogP contribution is -2.33. The van der Waals surface area contributed by atoms with Crippen molar-refractivity contribution in [2.45, 2.75) is 38.8 Å². The minimum atomic E-state index is -4.30. The molecule has 1 saturated heterocycles. The number of ether oxygens (including phenoxy) is 1. The zero-order chi connectivity index (χ0) is 20.7. The molecule has 1 aliphatic heterocycles. The van der Waals surface area contributed by atoms with Gasteiger partial charge < -0.3 is 9.64 Å². The van der Waals surface area contributed by atoms with Crippen molar-refractivity contribution in [2.24, 2.45) is 5.92 Å². The number of nitrogens with zero attached hydrogens (tertiary/aromatic N) is 1. The van der Waals surface area contributed by atoms with Crippen molar-refractivity contribution >= 4 is 5.69 Å². The third-order valence-electron chi connectivity index (χ3n) is 5.38. The summed E-state index contributed by atoms with van der Waals surface area (Å²) in [6, 6.07) is 16.0. The van der Waals surface area contributed by atoms with Gasteiger partial charge in [-0.05, 0) is 60.2 Å². The highest BCUT2D eigenvalue weighted by Gasteiger charge is 2.21. The maximum Gasteiger partial charge on any atom is 0.409 e. The fraction of sp³-hybridized carbons (Fsp3) is 0.417. The maximum absolute atomic E-state index is 12.1. The molecule has 5 heteroatoms. The van der Waals surface area contributed by atoms with Crippen molar-refractivity contribution in [3.63, 3.8) is 0 Å². The van der Waals surface area contributed by atoms with Crippen LogP contribution in [0, 0.1) is 5.92 Å². The van der Waals surface area contributed by atoms with Gasteiger partial charge in [0.05, 0.1) is 0 Å². The second-order valence-corrected chi connectivity index (χ2v) is 7.55. The van der Waals surface area contributed by atoms with Crippen LogP contribution in [0.5, 0.6) is 5.75 Å². The zero-order valence-corrected chi connectivity index (χ0v) is 16.8. The average molecular weight is 403 g/mol. The first-order valence-corrected chi connectivity index (χ1v) is 10.3. The van der Waals surface area contributed by atoms with Crippen molar-refractivity contribution in [1.82, 2.24) is 0 Å². The van der Waals surface area contributed by atoms with Crippen molar-refractivity contribution in [3.8, 4) is 16.9 Å². The Labute approximate surface area is 171 Å². The molecule has 2 aromatic rings. The lowest BCUT2D eigenvalue weighted by Gasteiger charge is -2.33. The molecule has 0 spiro atoms. The number of hydrogen-bond donors (Lipinski definition) is 0. The summed E-state index contributed by atoms with van der Waals surface area (Å²) < 4.78 is 41.5. The van der Waals surface area contributed by atoms with Gasteiger partial charge in [0.25, 0.3) is 0 Å². The van der Waals surface area contributed by atoms with E-state index < -0.39 is 6.18 Å². The van der Waals surface area contributed by atoms with Crippen LogP contribution in [0.2, 0.25) is 0 Å². The molecule has 3 rings (SSSR count). The number of rotatable bonds is 7. The molecular weight excluding hydrogens is 375 g/mol. The lowest BCUT2D eigenvalue weighted by molar-refractivity contribution is -0.0801. The van der Waals surface area contributed by atoms with Gasteiger partial charge in [0, 0.05) is 24.9 Å². The summed E-state index contributed by atoms with van der Waals surface area (Å²) in [4.78, 5) is 2.46. The van der Waals surface area contributed by atoms with Crippen LogP contribution in [-0.2, 0) is 0 Å². The molecule has 0 bridgehead atoms. The van der Waals surface area contributed by atoms with E-state index in [1.54, 1.807) is 12.1 Å². The van der Waals surface area contributed by atoms with Crippen molar-refractivity contribution in [1.29, 1.82) is 0 Å². The van der Waals surface area contributed by atoms with Gasteiger partial charge in [0.15, 0.2) is 0 Å². The molecule has 0 atom stereocenters. The molecule has 0 radical (unpaired) electrons. The van der Waals surface area contributed by atoms with Crippen LogP contribution in [-0.4, -0.2) is 25.9 Å². The van der Waals surface area contributed by atoms with Crippen molar-refractivity contribution in [3.05, 3.63) is 60.7 Å². The van der Waals surface area contributed by atoms with Crippen LogP contribution in [0.1, 0.15) is 32.6 Å². The fourth-order valence-electron chi connectivity index (χ4n) is 3.82. The number of alkyl halides is 3. The molecule has 0 N–H and O–H groups in total. The smallest absolute Gasteiger partial charge is 0.409 e. The van der Waals surface area contributed by atoms with Crippen LogP contribution in [0.3, 0.4) is 0 Å². The Balaban J connectivity index is 1.54. The molecule has 0 aliphatic carbocycles. The van der Waals surface area contributed by atoms with Gasteiger partial charge >= 0.3 is 6.18 Å². The van der Waals surface area contributed by atoms with E-state index in [0.717, 1.165) is 36.2 Å². The third kappa shape index (κ3) is 6.55. The standard InChI is InChI=1S/C24H28F3NO/c1-2-4-19-13-16-28(17-14-19)22-9-5-20(6-10-22)21-7-11-23(12-8-21)29-18-3-15-24(25,26)27/h3,5-12,15,19H,2,4,13-14,16-18H2,1H3. The summed E-state index contributed by atoms with van der Waals surface area (Å²) in [5.41, 5.74) is 3.43. The highest BCUT2D eigenvalue weighted by atomic mass is 19.4. The van der Waals surface area contributed by atoms with E-state index in [1.807, 2.05) is 12.1 Å². The minimum Gasteiger partial charge on any atom is -0.490 e. The number of allylic oxidation sites excluding steroid dienone is 1. The highest BCUT2D eigenvalue weighted by Crippen LogP contribution is 2.29. The van der Waals surface area contributed by atoms with E-state index in [2.05, 4.69) is 36.1 Å². The van der Waals surface area contributed by atoms with Gasteiger partial charge in [-0.2, -0.15) is 13.2 Å². The molecule has 156 valence electrons. The Morgan fingerprint density at radius 1 is 0.966 bits per heavy atom. The van der Waals surface area contributed by atoms with E-state index in [-0.39, 0.29) is 12.7 Å². The quantitative estimate of drug-likeness (QED) is 0.468. The summed E-state index contributed by atoms with van der Waals surface area (Å²) >= 11 is 0. The predicted octanol–water partition coefficient (Wildman–Crippen LogP) is 6.87. The Kier molecular flexibility index (Phi) is 7.24. The Hall–Kier alpha value is -2.43.